The second-order valence-corrected chi connectivity index (χ2v) is 3.26. The van der Waals surface area contributed by atoms with Crippen LogP contribution in [0.5, 0.6) is 0 Å². The Morgan fingerprint density at radius 1 is 1.43 bits per heavy atom. The number of rotatable bonds is 4. The van der Waals surface area contributed by atoms with E-state index in [9.17, 15) is 4.79 Å². The molecule has 0 aliphatic rings. The van der Waals surface area contributed by atoms with Crippen molar-refractivity contribution in [2.75, 3.05) is 0 Å². The van der Waals surface area contributed by atoms with Crippen molar-refractivity contribution in [1.29, 1.82) is 0 Å². The highest BCUT2D eigenvalue weighted by molar-refractivity contribution is 9.11. The van der Waals surface area contributed by atoms with Crippen LogP contribution in [-0.4, -0.2) is 5.78 Å². The minimum atomic E-state index is -0.0854. The molecule has 0 unspecified atom stereocenters. The van der Waals surface area contributed by atoms with Crippen LogP contribution in [0.25, 0.3) is 0 Å². The number of hydrogen-bond acceptors (Lipinski definition) is 2. The lowest BCUT2D eigenvalue weighted by molar-refractivity contribution is -0.117. The fourth-order valence-electron chi connectivity index (χ4n) is 0.945. The number of allylic oxidation sites excluding steroid dienone is 1. The largest absolute Gasteiger partial charge is 0.485 e. The maximum absolute atomic E-state index is 11.0. The molecular formula is C11H11BrO2. The molecular weight excluding hydrogens is 244 g/mol. The van der Waals surface area contributed by atoms with Crippen LogP contribution in [0.2, 0.25) is 0 Å². The first-order valence-corrected chi connectivity index (χ1v) is 5.13. The van der Waals surface area contributed by atoms with Gasteiger partial charge in [-0.05, 0) is 5.56 Å². The first-order chi connectivity index (χ1) is 6.74. The van der Waals surface area contributed by atoms with E-state index < -0.39 is 0 Å². The molecule has 0 heterocycles. The molecule has 0 radical (unpaired) electrons. The second kappa shape index (κ2) is 5.60. The first kappa shape index (κ1) is 11.0. The summed E-state index contributed by atoms with van der Waals surface area (Å²) in [6.45, 7) is 1.88. The summed E-state index contributed by atoms with van der Waals surface area (Å²) < 4.78 is 5.30. The minimum Gasteiger partial charge on any atom is -0.485 e. The first-order valence-electron chi connectivity index (χ1n) is 4.22. The summed E-state index contributed by atoms with van der Waals surface area (Å²) in [6.07, 6.45) is 0. The number of Topliss-reactive ketones (excluding diaryl/α,β-unsaturated/α-hetero) is 1. The van der Waals surface area contributed by atoms with Gasteiger partial charge < -0.3 is 4.74 Å². The molecule has 0 N–H and O–H groups in total. The lowest BCUT2D eigenvalue weighted by Gasteiger charge is -2.06. The molecule has 2 nitrogen and oxygen atoms in total. The SMILES string of the molecule is CC(=O)/C(=C/Br)OCc1ccccc1. The monoisotopic (exact) mass is 254 g/mol. The summed E-state index contributed by atoms with van der Waals surface area (Å²) in [5.74, 6) is 0.256. The summed E-state index contributed by atoms with van der Waals surface area (Å²) in [5, 5.41) is 0. The van der Waals surface area contributed by atoms with Crippen molar-refractivity contribution < 1.29 is 9.53 Å². The average molecular weight is 255 g/mol. The van der Waals surface area contributed by atoms with Crippen LogP contribution in [0.4, 0.5) is 0 Å². The third kappa shape index (κ3) is 3.34. The molecule has 0 saturated heterocycles. The molecule has 0 atom stereocenters. The van der Waals surface area contributed by atoms with Crippen molar-refractivity contribution in [3.05, 3.63) is 46.6 Å². The van der Waals surface area contributed by atoms with E-state index in [2.05, 4.69) is 15.9 Å². The fraction of sp³-hybridized carbons (Fsp3) is 0.182. The Kier molecular flexibility index (Phi) is 4.40. The fourth-order valence-corrected chi connectivity index (χ4v) is 1.40. The van der Waals surface area contributed by atoms with E-state index in [1.165, 1.54) is 11.9 Å². The summed E-state index contributed by atoms with van der Waals surface area (Å²) in [7, 11) is 0. The van der Waals surface area contributed by atoms with Crippen molar-refractivity contribution in [3.63, 3.8) is 0 Å². The molecule has 0 spiro atoms. The third-order valence-electron chi connectivity index (χ3n) is 1.68. The van der Waals surface area contributed by atoms with E-state index in [0.29, 0.717) is 12.4 Å². The van der Waals surface area contributed by atoms with Crippen molar-refractivity contribution in [3.8, 4) is 0 Å². The number of carbonyl (C=O) groups is 1. The van der Waals surface area contributed by atoms with Gasteiger partial charge in [0.15, 0.2) is 11.5 Å². The zero-order chi connectivity index (χ0) is 10.4. The predicted molar refractivity (Wildman–Crippen MR) is 58.9 cm³/mol. The van der Waals surface area contributed by atoms with Gasteiger partial charge in [-0.25, -0.2) is 0 Å². The zero-order valence-electron chi connectivity index (χ0n) is 7.87. The topological polar surface area (TPSA) is 26.3 Å². The lowest BCUT2D eigenvalue weighted by Crippen LogP contribution is -2.01. The third-order valence-corrected chi connectivity index (χ3v) is 2.10. The van der Waals surface area contributed by atoms with Gasteiger partial charge in [0.1, 0.15) is 6.61 Å². The summed E-state index contributed by atoms with van der Waals surface area (Å²) >= 11 is 3.08. The summed E-state index contributed by atoms with van der Waals surface area (Å²) in [5.41, 5.74) is 1.04. The van der Waals surface area contributed by atoms with E-state index in [1.54, 1.807) is 0 Å². The van der Waals surface area contributed by atoms with Gasteiger partial charge in [0.25, 0.3) is 0 Å². The maximum atomic E-state index is 11.0. The molecule has 3 heteroatoms. The van der Waals surface area contributed by atoms with Crippen LogP contribution in [0.3, 0.4) is 0 Å². The maximum Gasteiger partial charge on any atom is 0.194 e. The normalized spacial score (nSPS) is 11.1. The lowest BCUT2D eigenvalue weighted by atomic mass is 10.2. The number of ketones is 1. The van der Waals surface area contributed by atoms with Crippen LogP contribution in [0.15, 0.2) is 41.1 Å². The van der Waals surface area contributed by atoms with Crippen LogP contribution in [0, 0.1) is 0 Å². The highest BCUT2D eigenvalue weighted by atomic mass is 79.9. The van der Waals surface area contributed by atoms with Crippen LogP contribution >= 0.6 is 15.9 Å². The Morgan fingerprint density at radius 3 is 2.57 bits per heavy atom. The van der Waals surface area contributed by atoms with Crippen LogP contribution in [-0.2, 0) is 16.1 Å². The molecule has 0 amide bonds. The van der Waals surface area contributed by atoms with E-state index in [4.69, 9.17) is 4.74 Å². The molecule has 0 aromatic heterocycles. The summed E-state index contributed by atoms with van der Waals surface area (Å²) in [4.78, 5) is 12.5. The van der Waals surface area contributed by atoms with Crippen molar-refractivity contribution in [1.82, 2.24) is 0 Å². The van der Waals surface area contributed by atoms with Gasteiger partial charge in [-0.3, -0.25) is 4.79 Å². The number of hydrogen-bond donors (Lipinski definition) is 0. The molecule has 74 valence electrons. The van der Waals surface area contributed by atoms with Crippen molar-refractivity contribution in [2.24, 2.45) is 0 Å². The second-order valence-electron chi connectivity index (χ2n) is 2.80. The van der Waals surface area contributed by atoms with Gasteiger partial charge in [0.05, 0.1) is 0 Å². The highest BCUT2D eigenvalue weighted by Gasteiger charge is 2.03. The van der Waals surface area contributed by atoms with E-state index in [1.807, 2.05) is 30.3 Å². The molecule has 14 heavy (non-hydrogen) atoms. The van der Waals surface area contributed by atoms with E-state index in [-0.39, 0.29) is 5.78 Å². The Hall–Kier alpha value is -1.09. The Balaban J connectivity index is 2.53. The van der Waals surface area contributed by atoms with Crippen LogP contribution < -0.4 is 0 Å². The minimum absolute atomic E-state index is 0.0854. The quantitative estimate of drug-likeness (QED) is 0.610. The van der Waals surface area contributed by atoms with Crippen molar-refractivity contribution in [2.45, 2.75) is 13.5 Å². The van der Waals surface area contributed by atoms with Gasteiger partial charge >= 0.3 is 0 Å². The number of ether oxygens (including phenoxy) is 1. The smallest absolute Gasteiger partial charge is 0.194 e. The standard InChI is InChI=1S/C11H11BrO2/c1-9(13)11(7-12)14-8-10-5-3-2-4-6-10/h2-7H,8H2,1H3/b11-7-. The Labute approximate surface area is 91.7 Å². The molecule has 0 aliphatic heterocycles. The van der Waals surface area contributed by atoms with E-state index >= 15 is 0 Å². The molecule has 0 fully saturated rings. The molecule has 1 aromatic rings. The zero-order valence-corrected chi connectivity index (χ0v) is 9.45. The Bertz CT molecular complexity index is 330. The highest BCUT2D eigenvalue weighted by Crippen LogP contribution is 2.08. The summed E-state index contributed by atoms with van der Waals surface area (Å²) in [6, 6.07) is 9.71. The number of benzene rings is 1. The average Bonchev–Trinajstić information content (AvgIpc) is 2.20. The van der Waals surface area contributed by atoms with Gasteiger partial charge in [0, 0.05) is 11.9 Å². The van der Waals surface area contributed by atoms with E-state index in [0.717, 1.165) is 5.56 Å². The van der Waals surface area contributed by atoms with Gasteiger partial charge in [0.2, 0.25) is 0 Å². The molecule has 1 aromatic carbocycles. The number of carbonyl (C=O) groups excluding carboxylic acids is 1. The van der Waals surface area contributed by atoms with Crippen LogP contribution in [0.1, 0.15) is 12.5 Å². The predicted octanol–water partition coefficient (Wildman–Crippen LogP) is 3.03. The van der Waals surface area contributed by atoms with Gasteiger partial charge in [-0.15, -0.1) is 0 Å². The Morgan fingerprint density at radius 2 is 2.07 bits per heavy atom. The molecule has 0 bridgehead atoms. The number of halogens is 1. The van der Waals surface area contributed by atoms with Crippen molar-refractivity contribution >= 4 is 21.7 Å². The van der Waals surface area contributed by atoms with Gasteiger partial charge in [-0.2, -0.15) is 0 Å². The molecule has 0 saturated carbocycles. The van der Waals surface area contributed by atoms with Gasteiger partial charge in [-0.1, -0.05) is 46.3 Å². The molecule has 0 aliphatic carbocycles. The molecule has 1 rings (SSSR count).